The highest BCUT2D eigenvalue weighted by atomic mass is 16.5. The monoisotopic (exact) mass is 275 g/mol. The Kier molecular flexibility index (Phi) is 4.42. The number of furan rings is 1. The maximum atomic E-state index is 11.3. The number of ether oxygens (including phenoxy) is 2. The number of nitrogens with two attached hydrogens (primary N) is 1. The highest BCUT2D eigenvalue weighted by Crippen LogP contribution is 2.20. The van der Waals surface area contributed by atoms with Crippen LogP contribution in [0.4, 0.5) is 0 Å². The molecule has 5 heteroatoms. The van der Waals surface area contributed by atoms with E-state index < -0.39 is 5.97 Å². The Labute approximate surface area is 117 Å². The molecule has 1 aromatic carbocycles. The van der Waals surface area contributed by atoms with Crippen LogP contribution in [0.15, 0.2) is 40.8 Å². The SMILES string of the molecule is COC(=O)c1ccc(C(N)Cc2ccc(OC)cc2)o1. The lowest BCUT2D eigenvalue weighted by atomic mass is 10.0. The number of benzene rings is 1. The van der Waals surface area contributed by atoms with Crippen molar-refractivity contribution in [1.82, 2.24) is 0 Å². The first-order valence-corrected chi connectivity index (χ1v) is 6.20. The molecular weight excluding hydrogens is 258 g/mol. The van der Waals surface area contributed by atoms with E-state index in [9.17, 15) is 4.79 Å². The lowest BCUT2D eigenvalue weighted by molar-refractivity contribution is 0.0562. The van der Waals surface area contributed by atoms with Gasteiger partial charge in [0.1, 0.15) is 11.5 Å². The van der Waals surface area contributed by atoms with Crippen LogP contribution in [0.5, 0.6) is 5.75 Å². The maximum absolute atomic E-state index is 11.3. The van der Waals surface area contributed by atoms with Gasteiger partial charge in [-0.3, -0.25) is 0 Å². The first-order chi connectivity index (χ1) is 9.63. The van der Waals surface area contributed by atoms with E-state index in [0.29, 0.717) is 12.2 Å². The minimum Gasteiger partial charge on any atom is -0.497 e. The van der Waals surface area contributed by atoms with Gasteiger partial charge in [-0.05, 0) is 36.2 Å². The zero-order valence-electron chi connectivity index (χ0n) is 11.5. The van der Waals surface area contributed by atoms with Crippen molar-refractivity contribution in [2.45, 2.75) is 12.5 Å². The summed E-state index contributed by atoms with van der Waals surface area (Å²) in [5.74, 6) is 1.01. The Balaban J connectivity index is 2.05. The fraction of sp³-hybridized carbons (Fsp3) is 0.267. The smallest absolute Gasteiger partial charge is 0.373 e. The van der Waals surface area contributed by atoms with Crippen molar-refractivity contribution in [3.05, 3.63) is 53.5 Å². The van der Waals surface area contributed by atoms with Crippen molar-refractivity contribution in [2.24, 2.45) is 5.73 Å². The standard InChI is InChI=1S/C15H17NO4/c1-18-11-5-3-10(4-6-11)9-12(16)13-7-8-14(20-13)15(17)19-2/h3-8,12H,9,16H2,1-2H3. The third kappa shape index (κ3) is 3.19. The van der Waals surface area contributed by atoms with Crippen molar-refractivity contribution in [1.29, 1.82) is 0 Å². The first kappa shape index (κ1) is 14.1. The van der Waals surface area contributed by atoms with Crippen LogP contribution in [0.3, 0.4) is 0 Å². The van der Waals surface area contributed by atoms with Gasteiger partial charge in [0, 0.05) is 0 Å². The molecule has 0 saturated carbocycles. The highest BCUT2D eigenvalue weighted by Gasteiger charge is 2.16. The number of hydrogen-bond donors (Lipinski definition) is 1. The van der Waals surface area contributed by atoms with Crippen LogP contribution in [0, 0.1) is 0 Å². The number of esters is 1. The summed E-state index contributed by atoms with van der Waals surface area (Å²) in [6, 6.07) is 10.6. The van der Waals surface area contributed by atoms with E-state index in [4.69, 9.17) is 14.9 Å². The van der Waals surface area contributed by atoms with Gasteiger partial charge in [0.25, 0.3) is 0 Å². The first-order valence-electron chi connectivity index (χ1n) is 6.20. The summed E-state index contributed by atoms with van der Waals surface area (Å²) in [6.45, 7) is 0. The molecule has 0 spiro atoms. The van der Waals surface area contributed by atoms with Gasteiger partial charge >= 0.3 is 5.97 Å². The van der Waals surface area contributed by atoms with E-state index in [0.717, 1.165) is 11.3 Å². The molecule has 2 aromatic rings. The molecule has 106 valence electrons. The van der Waals surface area contributed by atoms with Gasteiger partial charge in [0.15, 0.2) is 0 Å². The molecule has 1 aromatic heterocycles. The van der Waals surface area contributed by atoms with Crippen LogP contribution in [0.25, 0.3) is 0 Å². The summed E-state index contributed by atoms with van der Waals surface area (Å²) >= 11 is 0. The van der Waals surface area contributed by atoms with Crippen molar-refractivity contribution >= 4 is 5.97 Å². The predicted octanol–water partition coefficient (Wildman–Crippen LogP) is 2.32. The number of methoxy groups -OCH3 is 2. The molecule has 0 amide bonds. The van der Waals surface area contributed by atoms with Gasteiger partial charge in [-0.2, -0.15) is 0 Å². The molecule has 0 aliphatic carbocycles. The Morgan fingerprint density at radius 1 is 1.20 bits per heavy atom. The Morgan fingerprint density at radius 3 is 2.50 bits per heavy atom. The van der Waals surface area contributed by atoms with Crippen molar-refractivity contribution < 1.29 is 18.7 Å². The molecule has 1 atom stereocenters. The van der Waals surface area contributed by atoms with E-state index in [1.807, 2.05) is 24.3 Å². The molecule has 1 heterocycles. The van der Waals surface area contributed by atoms with Crippen LogP contribution in [0.2, 0.25) is 0 Å². The van der Waals surface area contributed by atoms with E-state index in [1.165, 1.54) is 7.11 Å². The van der Waals surface area contributed by atoms with E-state index in [2.05, 4.69) is 4.74 Å². The second-order valence-electron chi connectivity index (χ2n) is 4.35. The summed E-state index contributed by atoms with van der Waals surface area (Å²) < 4.78 is 15.1. The molecule has 2 rings (SSSR count). The van der Waals surface area contributed by atoms with Crippen molar-refractivity contribution in [3.63, 3.8) is 0 Å². The molecule has 2 N–H and O–H groups in total. The van der Waals surface area contributed by atoms with Gasteiger partial charge in [-0.25, -0.2) is 4.79 Å². The summed E-state index contributed by atoms with van der Waals surface area (Å²) in [4.78, 5) is 11.3. The Bertz CT molecular complexity index is 574. The van der Waals surface area contributed by atoms with Crippen LogP contribution < -0.4 is 10.5 Å². The molecule has 5 nitrogen and oxygen atoms in total. The van der Waals surface area contributed by atoms with Crippen molar-refractivity contribution in [3.8, 4) is 5.75 Å². The average molecular weight is 275 g/mol. The van der Waals surface area contributed by atoms with Crippen LogP contribution in [-0.4, -0.2) is 20.2 Å². The summed E-state index contributed by atoms with van der Waals surface area (Å²) in [7, 11) is 2.93. The quantitative estimate of drug-likeness (QED) is 0.847. The summed E-state index contributed by atoms with van der Waals surface area (Å²) in [5.41, 5.74) is 7.14. The van der Waals surface area contributed by atoms with E-state index >= 15 is 0 Å². The number of hydrogen-bond acceptors (Lipinski definition) is 5. The number of carbonyl (C=O) groups excluding carboxylic acids is 1. The minimum atomic E-state index is -0.507. The molecule has 0 saturated heterocycles. The summed E-state index contributed by atoms with van der Waals surface area (Å²) in [6.07, 6.45) is 0.609. The Hall–Kier alpha value is -2.27. The fourth-order valence-corrected chi connectivity index (χ4v) is 1.88. The zero-order valence-corrected chi connectivity index (χ0v) is 11.5. The second kappa shape index (κ2) is 6.25. The van der Waals surface area contributed by atoms with Crippen LogP contribution >= 0.6 is 0 Å². The largest absolute Gasteiger partial charge is 0.497 e. The third-order valence-electron chi connectivity index (χ3n) is 2.99. The van der Waals surface area contributed by atoms with Gasteiger partial charge in [0.05, 0.1) is 20.3 Å². The van der Waals surface area contributed by atoms with Crippen molar-refractivity contribution in [2.75, 3.05) is 14.2 Å². The summed E-state index contributed by atoms with van der Waals surface area (Å²) in [5, 5.41) is 0. The normalized spacial score (nSPS) is 11.9. The average Bonchev–Trinajstić information content (AvgIpc) is 2.97. The van der Waals surface area contributed by atoms with Gasteiger partial charge in [-0.15, -0.1) is 0 Å². The number of carbonyl (C=O) groups is 1. The molecular formula is C15H17NO4. The molecule has 1 unspecified atom stereocenters. The molecule has 0 aliphatic heterocycles. The molecule has 0 fully saturated rings. The zero-order chi connectivity index (χ0) is 14.5. The highest BCUT2D eigenvalue weighted by molar-refractivity contribution is 5.86. The Morgan fingerprint density at radius 2 is 1.90 bits per heavy atom. The predicted molar refractivity (Wildman–Crippen MR) is 73.7 cm³/mol. The number of rotatable bonds is 5. The molecule has 0 bridgehead atoms. The fourth-order valence-electron chi connectivity index (χ4n) is 1.88. The van der Waals surface area contributed by atoms with Gasteiger partial charge in [0.2, 0.25) is 5.76 Å². The topological polar surface area (TPSA) is 74.7 Å². The third-order valence-corrected chi connectivity index (χ3v) is 2.99. The van der Waals surface area contributed by atoms with E-state index in [1.54, 1.807) is 19.2 Å². The van der Waals surface area contributed by atoms with Gasteiger partial charge in [-0.1, -0.05) is 12.1 Å². The molecule has 0 radical (unpaired) electrons. The van der Waals surface area contributed by atoms with E-state index in [-0.39, 0.29) is 11.8 Å². The lowest BCUT2D eigenvalue weighted by Gasteiger charge is -2.09. The minimum absolute atomic E-state index is 0.160. The maximum Gasteiger partial charge on any atom is 0.373 e. The van der Waals surface area contributed by atoms with Crippen LogP contribution in [-0.2, 0) is 11.2 Å². The second-order valence-corrected chi connectivity index (χ2v) is 4.35. The lowest BCUT2D eigenvalue weighted by Crippen LogP contribution is -2.12. The molecule has 0 aliphatic rings. The van der Waals surface area contributed by atoms with Crippen LogP contribution in [0.1, 0.15) is 27.9 Å². The van der Waals surface area contributed by atoms with Gasteiger partial charge < -0.3 is 19.6 Å². The molecule has 20 heavy (non-hydrogen) atoms.